The van der Waals surface area contributed by atoms with Crippen molar-refractivity contribution in [3.63, 3.8) is 0 Å². The van der Waals surface area contributed by atoms with Crippen molar-refractivity contribution in [2.75, 3.05) is 0 Å². The Morgan fingerprint density at radius 2 is 1.93 bits per heavy atom. The topological polar surface area (TPSA) is 25.8 Å². The Morgan fingerprint density at radius 3 is 2.87 bits per heavy atom. The smallest absolute Gasteiger partial charge is 0.155 e. The molecule has 1 aliphatic carbocycles. The molecule has 0 unspecified atom stereocenters. The Kier molecular flexibility index (Phi) is 1.96. The highest BCUT2D eigenvalue weighted by molar-refractivity contribution is 6.30. The SMILES string of the molecule is Clc1nncc2c1CCc1ccccc1-2. The lowest BCUT2D eigenvalue weighted by Crippen LogP contribution is -2.06. The fourth-order valence-corrected chi connectivity index (χ4v) is 2.36. The number of rotatable bonds is 0. The molecule has 0 saturated heterocycles. The van der Waals surface area contributed by atoms with Crippen LogP contribution in [0.1, 0.15) is 11.1 Å². The van der Waals surface area contributed by atoms with Gasteiger partial charge >= 0.3 is 0 Å². The van der Waals surface area contributed by atoms with Gasteiger partial charge in [0.05, 0.1) is 6.20 Å². The van der Waals surface area contributed by atoms with Crippen LogP contribution in [-0.2, 0) is 12.8 Å². The van der Waals surface area contributed by atoms with Crippen molar-refractivity contribution in [2.45, 2.75) is 12.8 Å². The maximum atomic E-state index is 6.04. The highest BCUT2D eigenvalue weighted by atomic mass is 35.5. The van der Waals surface area contributed by atoms with Crippen molar-refractivity contribution >= 4 is 11.6 Å². The first kappa shape index (κ1) is 8.86. The zero-order valence-corrected chi connectivity index (χ0v) is 8.83. The zero-order chi connectivity index (χ0) is 10.3. The maximum Gasteiger partial charge on any atom is 0.155 e. The summed E-state index contributed by atoms with van der Waals surface area (Å²) >= 11 is 6.04. The first-order chi connectivity index (χ1) is 7.36. The van der Waals surface area contributed by atoms with E-state index >= 15 is 0 Å². The summed E-state index contributed by atoms with van der Waals surface area (Å²) in [5.41, 5.74) is 4.88. The molecule has 0 saturated carbocycles. The first-order valence-electron chi connectivity index (χ1n) is 4.94. The molecular formula is C12H9ClN2. The highest BCUT2D eigenvalue weighted by Gasteiger charge is 2.18. The van der Waals surface area contributed by atoms with Crippen molar-refractivity contribution in [2.24, 2.45) is 0 Å². The summed E-state index contributed by atoms with van der Waals surface area (Å²) in [4.78, 5) is 0. The van der Waals surface area contributed by atoms with Crippen LogP contribution < -0.4 is 0 Å². The second-order valence-electron chi connectivity index (χ2n) is 3.68. The van der Waals surface area contributed by atoms with Crippen molar-refractivity contribution in [1.82, 2.24) is 10.2 Å². The summed E-state index contributed by atoms with van der Waals surface area (Å²) in [5, 5.41) is 8.34. The van der Waals surface area contributed by atoms with Gasteiger partial charge in [-0.3, -0.25) is 0 Å². The minimum Gasteiger partial charge on any atom is -0.157 e. The molecular weight excluding hydrogens is 208 g/mol. The van der Waals surface area contributed by atoms with Crippen LogP contribution in [0.3, 0.4) is 0 Å². The van der Waals surface area contributed by atoms with Crippen molar-refractivity contribution < 1.29 is 0 Å². The van der Waals surface area contributed by atoms with E-state index in [1.165, 1.54) is 11.1 Å². The van der Waals surface area contributed by atoms with E-state index in [4.69, 9.17) is 11.6 Å². The largest absolute Gasteiger partial charge is 0.157 e. The lowest BCUT2D eigenvalue weighted by Gasteiger charge is -2.19. The Labute approximate surface area is 92.9 Å². The number of aromatic nitrogens is 2. The molecule has 0 N–H and O–H groups in total. The highest BCUT2D eigenvalue weighted by Crippen LogP contribution is 2.34. The van der Waals surface area contributed by atoms with Gasteiger partial charge in [-0.1, -0.05) is 35.9 Å². The third-order valence-corrected chi connectivity index (χ3v) is 3.16. The molecule has 1 aromatic heterocycles. The summed E-state index contributed by atoms with van der Waals surface area (Å²) in [6, 6.07) is 8.39. The molecule has 0 amide bonds. The lowest BCUT2D eigenvalue weighted by molar-refractivity contribution is 0.902. The molecule has 0 atom stereocenters. The van der Waals surface area contributed by atoms with Crippen LogP contribution in [0.4, 0.5) is 0 Å². The molecule has 74 valence electrons. The molecule has 15 heavy (non-hydrogen) atoms. The fourth-order valence-electron chi connectivity index (χ4n) is 2.12. The molecule has 0 aliphatic heterocycles. The lowest BCUT2D eigenvalue weighted by atomic mass is 9.88. The maximum absolute atomic E-state index is 6.04. The minimum absolute atomic E-state index is 0.544. The molecule has 0 radical (unpaired) electrons. The van der Waals surface area contributed by atoms with Crippen LogP contribution in [0.15, 0.2) is 30.5 Å². The molecule has 1 aromatic carbocycles. The number of benzene rings is 1. The zero-order valence-electron chi connectivity index (χ0n) is 8.07. The van der Waals surface area contributed by atoms with Crippen molar-refractivity contribution in [3.8, 4) is 11.1 Å². The monoisotopic (exact) mass is 216 g/mol. The van der Waals surface area contributed by atoms with Crippen molar-refractivity contribution in [3.05, 3.63) is 46.7 Å². The molecule has 2 aromatic rings. The van der Waals surface area contributed by atoms with Gasteiger partial charge in [0.15, 0.2) is 5.15 Å². The minimum atomic E-state index is 0.544. The second kappa shape index (κ2) is 3.31. The van der Waals surface area contributed by atoms with E-state index in [2.05, 4.69) is 28.4 Å². The summed E-state index contributed by atoms with van der Waals surface area (Å²) < 4.78 is 0. The molecule has 0 spiro atoms. The Balaban J connectivity index is 2.30. The van der Waals surface area contributed by atoms with Crippen LogP contribution in [0, 0.1) is 0 Å². The molecule has 3 heteroatoms. The second-order valence-corrected chi connectivity index (χ2v) is 4.04. The van der Waals surface area contributed by atoms with Crippen LogP contribution in [0.5, 0.6) is 0 Å². The summed E-state index contributed by atoms with van der Waals surface area (Å²) in [7, 11) is 0. The summed E-state index contributed by atoms with van der Waals surface area (Å²) in [6.07, 6.45) is 3.80. The molecule has 1 heterocycles. The first-order valence-corrected chi connectivity index (χ1v) is 5.32. The third-order valence-electron chi connectivity index (χ3n) is 2.86. The van der Waals surface area contributed by atoms with Crippen LogP contribution in [0.2, 0.25) is 5.15 Å². The van der Waals surface area contributed by atoms with Crippen LogP contribution >= 0.6 is 11.6 Å². The van der Waals surface area contributed by atoms with E-state index in [9.17, 15) is 0 Å². The number of aryl methyl sites for hydroxylation is 1. The number of hydrogen-bond donors (Lipinski definition) is 0. The molecule has 0 fully saturated rings. The van der Waals surface area contributed by atoms with E-state index in [1.54, 1.807) is 6.20 Å². The molecule has 2 nitrogen and oxygen atoms in total. The van der Waals surface area contributed by atoms with Gasteiger partial charge in [-0.2, -0.15) is 5.10 Å². The van der Waals surface area contributed by atoms with E-state index in [-0.39, 0.29) is 0 Å². The van der Waals surface area contributed by atoms with Gasteiger partial charge in [-0.05, 0) is 24.0 Å². The van der Waals surface area contributed by atoms with Crippen LogP contribution in [0.25, 0.3) is 11.1 Å². The standard InChI is InChI=1S/C12H9ClN2/c13-12-10-6-5-8-3-1-2-4-9(8)11(10)7-14-15-12/h1-4,7H,5-6H2. The van der Waals surface area contributed by atoms with Gasteiger partial charge in [0.2, 0.25) is 0 Å². The Morgan fingerprint density at radius 1 is 1.07 bits per heavy atom. The number of nitrogens with zero attached hydrogens (tertiary/aromatic N) is 2. The van der Waals surface area contributed by atoms with Gasteiger partial charge in [0.25, 0.3) is 0 Å². The van der Waals surface area contributed by atoms with Gasteiger partial charge in [0, 0.05) is 11.1 Å². The molecule has 3 rings (SSSR count). The van der Waals surface area contributed by atoms with Gasteiger partial charge in [-0.15, -0.1) is 5.10 Å². The van der Waals surface area contributed by atoms with E-state index in [0.29, 0.717) is 5.15 Å². The predicted molar refractivity (Wildman–Crippen MR) is 59.9 cm³/mol. The van der Waals surface area contributed by atoms with Gasteiger partial charge in [-0.25, -0.2) is 0 Å². The fraction of sp³-hybridized carbons (Fsp3) is 0.167. The summed E-state index contributed by atoms with van der Waals surface area (Å²) in [5.74, 6) is 0. The number of fused-ring (bicyclic) bond motifs is 3. The van der Waals surface area contributed by atoms with Crippen molar-refractivity contribution in [1.29, 1.82) is 0 Å². The normalized spacial score (nSPS) is 13.1. The third kappa shape index (κ3) is 1.33. The average Bonchev–Trinajstić information content (AvgIpc) is 2.29. The molecule has 1 aliphatic rings. The van der Waals surface area contributed by atoms with E-state index in [0.717, 1.165) is 24.0 Å². The Bertz CT molecular complexity index is 523. The predicted octanol–water partition coefficient (Wildman–Crippen LogP) is 2.90. The Hall–Kier alpha value is -1.41. The van der Waals surface area contributed by atoms with Crippen LogP contribution in [-0.4, -0.2) is 10.2 Å². The van der Waals surface area contributed by atoms with Gasteiger partial charge in [0.1, 0.15) is 0 Å². The van der Waals surface area contributed by atoms with E-state index in [1.807, 2.05) is 6.07 Å². The average molecular weight is 217 g/mol. The van der Waals surface area contributed by atoms with Gasteiger partial charge < -0.3 is 0 Å². The summed E-state index contributed by atoms with van der Waals surface area (Å²) in [6.45, 7) is 0. The van der Waals surface area contributed by atoms with E-state index < -0.39 is 0 Å². The molecule has 0 bridgehead atoms. The number of hydrogen-bond acceptors (Lipinski definition) is 2. The quantitative estimate of drug-likeness (QED) is 0.677. The number of halogens is 1.